The van der Waals surface area contributed by atoms with Gasteiger partial charge < -0.3 is 14.8 Å². The number of carbonyl (C=O) groups is 4. The second kappa shape index (κ2) is 9.21. The van der Waals surface area contributed by atoms with Crippen LogP contribution in [0.3, 0.4) is 0 Å². The number of benzene rings is 1. The average molecular weight is 496 g/mol. The molecule has 3 aliphatic rings. The second-order valence-electron chi connectivity index (χ2n) is 9.67. The van der Waals surface area contributed by atoms with E-state index in [-0.39, 0.29) is 30.1 Å². The predicted octanol–water partition coefficient (Wildman–Crippen LogP) is 2.23. The molecule has 3 aliphatic heterocycles. The minimum absolute atomic E-state index is 0.0652. The fourth-order valence-electron chi connectivity index (χ4n) is 5.41. The Labute approximate surface area is 213 Å². The van der Waals surface area contributed by atoms with Crippen molar-refractivity contribution >= 4 is 34.5 Å². The Morgan fingerprint density at radius 2 is 1.89 bits per heavy atom. The first-order valence-corrected chi connectivity index (χ1v) is 12.5. The van der Waals surface area contributed by atoms with Crippen LogP contribution in [-0.2, 0) is 16.1 Å². The predicted molar refractivity (Wildman–Crippen MR) is 134 cm³/mol. The minimum atomic E-state index is -0.646. The van der Waals surface area contributed by atoms with E-state index >= 15 is 0 Å². The molecule has 9 heteroatoms. The van der Waals surface area contributed by atoms with Crippen LogP contribution in [0.1, 0.15) is 57.7 Å². The van der Waals surface area contributed by atoms with Crippen molar-refractivity contribution in [2.24, 2.45) is 5.92 Å². The molecule has 186 valence electrons. The molecular weight excluding hydrogens is 470 g/mol. The number of hydrogen-bond donors (Lipinski definition) is 2. The van der Waals surface area contributed by atoms with Crippen molar-refractivity contribution < 1.29 is 19.2 Å². The fraction of sp³-hybridized carbons (Fsp3) is 0.321. The van der Waals surface area contributed by atoms with Gasteiger partial charge in [-0.1, -0.05) is 17.9 Å². The van der Waals surface area contributed by atoms with Crippen LogP contribution in [0, 0.1) is 17.8 Å². The molecule has 0 saturated carbocycles. The average Bonchev–Trinajstić information content (AvgIpc) is 3.52. The molecular formula is C28H25N5O4. The van der Waals surface area contributed by atoms with Gasteiger partial charge in [0, 0.05) is 66.4 Å². The molecule has 0 bridgehead atoms. The van der Waals surface area contributed by atoms with Crippen LogP contribution in [0.25, 0.3) is 10.9 Å². The molecule has 5 heterocycles. The van der Waals surface area contributed by atoms with E-state index in [0.29, 0.717) is 37.3 Å². The van der Waals surface area contributed by atoms with E-state index in [1.165, 1.54) is 0 Å². The summed E-state index contributed by atoms with van der Waals surface area (Å²) in [6.45, 7) is 1.51. The summed E-state index contributed by atoms with van der Waals surface area (Å²) in [5.74, 6) is 5.77. The monoisotopic (exact) mass is 495 g/mol. The Kier molecular flexibility index (Phi) is 5.72. The minimum Gasteiger partial charge on any atom is -0.361 e. The van der Waals surface area contributed by atoms with Gasteiger partial charge in [0.1, 0.15) is 11.7 Å². The van der Waals surface area contributed by atoms with E-state index in [0.717, 1.165) is 34.9 Å². The lowest BCUT2D eigenvalue weighted by atomic mass is 9.96. The SMILES string of the molecule is O=C1CCC(N2Cc3c(C#CC4CCN(C(=O)c5nccc6[nH]ccc56)CC4)cccc3C2=O)C(=O)N1. The Balaban J connectivity index is 1.13. The van der Waals surface area contributed by atoms with Crippen LogP contribution in [-0.4, -0.2) is 62.5 Å². The number of hydrogen-bond acceptors (Lipinski definition) is 5. The summed E-state index contributed by atoms with van der Waals surface area (Å²) in [5.41, 5.74) is 3.52. The molecule has 3 aromatic rings. The zero-order chi connectivity index (χ0) is 25.5. The number of fused-ring (bicyclic) bond motifs is 2. The quantitative estimate of drug-likeness (QED) is 0.418. The van der Waals surface area contributed by atoms with Crippen molar-refractivity contribution in [3.8, 4) is 11.8 Å². The molecule has 0 radical (unpaired) electrons. The number of likely N-dealkylation sites (tertiary alicyclic amines) is 1. The molecule has 6 rings (SSSR count). The van der Waals surface area contributed by atoms with Gasteiger partial charge in [0.15, 0.2) is 0 Å². The number of amides is 4. The highest BCUT2D eigenvalue weighted by Gasteiger charge is 2.39. The van der Waals surface area contributed by atoms with Crippen molar-refractivity contribution in [3.05, 3.63) is 65.1 Å². The van der Waals surface area contributed by atoms with Gasteiger partial charge in [-0.3, -0.25) is 29.5 Å². The molecule has 1 unspecified atom stereocenters. The van der Waals surface area contributed by atoms with E-state index in [2.05, 4.69) is 27.1 Å². The van der Waals surface area contributed by atoms with Gasteiger partial charge in [-0.25, -0.2) is 0 Å². The fourth-order valence-corrected chi connectivity index (χ4v) is 5.41. The standard InChI is InChI=1S/C28H25N5O4/c34-24-7-6-23(26(35)31-24)33-16-21-18(2-1-3-19(21)27(33)36)5-4-17-10-14-32(15-11-17)28(37)25-20-8-12-29-22(20)9-13-30-25/h1-3,8-9,12-13,17,23,29H,6-7,10-11,14-16H2,(H,31,34,35). The largest absolute Gasteiger partial charge is 0.361 e. The van der Waals surface area contributed by atoms with Crippen molar-refractivity contribution in [1.29, 1.82) is 0 Å². The van der Waals surface area contributed by atoms with Crippen LogP contribution in [0.5, 0.6) is 0 Å². The zero-order valence-corrected chi connectivity index (χ0v) is 20.1. The van der Waals surface area contributed by atoms with Gasteiger partial charge in [-0.15, -0.1) is 0 Å². The molecule has 0 aliphatic carbocycles. The Morgan fingerprint density at radius 1 is 1.05 bits per heavy atom. The summed E-state index contributed by atoms with van der Waals surface area (Å²) in [4.78, 5) is 60.8. The number of piperidine rings is 2. The third-order valence-corrected chi connectivity index (χ3v) is 7.46. The summed E-state index contributed by atoms with van der Waals surface area (Å²) in [7, 11) is 0. The third-order valence-electron chi connectivity index (χ3n) is 7.46. The summed E-state index contributed by atoms with van der Waals surface area (Å²) in [6, 6.07) is 8.55. The van der Waals surface area contributed by atoms with Gasteiger partial charge in [0.25, 0.3) is 11.8 Å². The molecule has 9 nitrogen and oxygen atoms in total. The van der Waals surface area contributed by atoms with E-state index < -0.39 is 11.9 Å². The maximum absolute atomic E-state index is 13.1. The third kappa shape index (κ3) is 4.14. The number of pyridine rings is 1. The van der Waals surface area contributed by atoms with Crippen molar-refractivity contribution in [2.45, 2.75) is 38.3 Å². The van der Waals surface area contributed by atoms with Crippen molar-refractivity contribution in [3.63, 3.8) is 0 Å². The Morgan fingerprint density at radius 3 is 2.70 bits per heavy atom. The van der Waals surface area contributed by atoms with E-state index in [4.69, 9.17) is 0 Å². The lowest BCUT2D eigenvalue weighted by Crippen LogP contribution is -2.52. The molecule has 37 heavy (non-hydrogen) atoms. The number of nitrogens with zero attached hydrogens (tertiary/aromatic N) is 3. The van der Waals surface area contributed by atoms with Crippen LogP contribution >= 0.6 is 0 Å². The maximum atomic E-state index is 13.1. The molecule has 1 atom stereocenters. The molecule has 1 aromatic carbocycles. The van der Waals surface area contributed by atoms with Crippen LogP contribution < -0.4 is 5.32 Å². The van der Waals surface area contributed by atoms with Gasteiger partial charge >= 0.3 is 0 Å². The first kappa shape index (κ1) is 23.0. The number of rotatable bonds is 2. The number of imide groups is 1. The van der Waals surface area contributed by atoms with Gasteiger partial charge in [0.2, 0.25) is 11.8 Å². The summed E-state index contributed by atoms with van der Waals surface area (Å²) >= 11 is 0. The second-order valence-corrected chi connectivity index (χ2v) is 9.67. The molecule has 2 aromatic heterocycles. The zero-order valence-electron chi connectivity index (χ0n) is 20.1. The molecule has 4 amide bonds. The highest BCUT2D eigenvalue weighted by Crippen LogP contribution is 2.30. The molecule has 2 fully saturated rings. The lowest BCUT2D eigenvalue weighted by molar-refractivity contribution is -0.136. The Hall–Kier alpha value is -4.45. The van der Waals surface area contributed by atoms with Crippen molar-refractivity contribution in [1.82, 2.24) is 25.1 Å². The summed E-state index contributed by atoms with van der Waals surface area (Å²) in [6.07, 6.45) is 5.53. The molecule has 2 N–H and O–H groups in total. The molecule has 2 saturated heterocycles. The van der Waals surface area contributed by atoms with E-state index in [1.807, 2.05) is 35.4 Å². The highest BCUT2D eigenvalue weighted by atomic mass is 16.2. The number of carbonyl (C=O) groups excluding carboxylic acids is 4. The summed E-state index contributed by atoms with van der Waals surface area (Å²) in [5, 5.41) is 3.16. The van der Waals surface area contributed by atoms with E-state index in [9.17, 15) is 19.2 Å². The Bertz CT molecular complexity index is 1510. The maximum Gasteiger partial charge on any atom is 0.273 e. The normalized spacial score (nSPS) is 20.0. The number of nitrogens with one attached hydrogen (secondary N) is 2. The number of aromatic amines is 1. The van der Waals surface area contributed by atoms with Crippen LogP contribution in [0.2, 0.25) is 0 Å². The first-order valence-electron chi connectivity index (χ1n) is 12.5. The van der Waals surface area contributed by atoms with Crippen molar-refractivity contribution in [2.75, 3.05) is 13.1 Å². The van der Waals surface area contributed by atoms with Gasteiger partial charge in [-0.2, -0.15) is 0 Å². The number of H-pyrrole nitrogens is 1. The summed E-state index contributed by atoms with van der Waals surface area (Å²) < 4.78 is 0. The number of aromatic nitrogens is 2. The van der Waals surface area contributed by atoms with Crippen LogP contribution in [0.4, 0.5) is 0 Å². The molecule has 0 spiro atoms. The van der Waals surface area contributed by atoms with Crippen LogP contribution in [0.15, 0.2) is 42.7 Å². The highest BCUT2D eigenvalue weighted by molar-refractivity contribution is 6.06. The lowest BCUT2D eigenvalue weighted by Gasteiger charge is -2.29. The van der Waals surface area contributed by atoms with Gasteiger partial charge in [0.05, 0.1) is 0 Å². The van der Waals surface area contributed by atoms with E-state index in [1.54, 1.807) is 17.2 Å². The van der Waals surface area contributed by atoms with Gasteiger partial charge in [-0.05, 0) is 49.1 Å². The smallest absolute Gasteiger partial charge is 0.273 e. The topological polar surface area (TPSA) is 115 Å². The first-order chi connectivity index (χ1) is 18.0.